The molecule has 2 N–H and O–H groups in total. The molecule has 4 nitrogen and oxygen atoms in total. The molecule has 1 saturated carbocycles. The second kappa shape index (κ2) is 6.56. The minimum Gasteiger partial charge on any atom is -0.392 e. The van der Waals surface area contributed by atoms with E-state index in [4.69, 9.17) is 5.11 Å². The van der Waals surface area contributed by atoms with E-state index in [-0.39, 0.29) is 17.5 Å². The van der Waals surface area contributed by atoms with Gasteiger partial charge in [0, 0.05) is 10.5 Å². The summed E-state index contributed by atoms with van der Waals surface area (Å²) in [4.78, 5) is 0.196. The smallest absolute Gasteiger partial charge is 0.241 e. The molecular weight excluding hydrogens is 342 g/mol. The fourth-order valence-electron chi connectivity index (χ4n) is 2.61. The quantitative estimate of drug-likeness (QED) is 0.866. The number of sulfonamides is 1. The molecule has 1 aliphatic carbocycles. The topological polar surface area (TPSA) is 66.4 Å². The van der Waals surface area contributed by atoms with Gasteiger partial charge in [0.25, 0.3) is 0 Å². The Bertz CT molecular complexity index is 574. The molecule has 20 heavy (non-hydrogen) atoms. The first-order valence-corrected chi connectivity index (χ1v) is 9.13. The van der Waals surface area contributed by atoms with E-state index < -0.39 is 10.0 Å². The predicted molar refractivity (Wildman–Crippen MR) is 81.8 cm³/mol. The molecule has 0 saturated heterocycles. The van der Waals surface area contributed by atoms with Crippen molar-refractivity contribution in [2.75, 3.05) is 0 Å². The van der Waals surface area contributed by atoms with Crippen LogP contribution in [-0.2, 0) is 16.6 Å². The van der Waals surface area contributed by atoms with Crippen LogP contribution >= 0.6 is 15.9 Å². The number of aliphatic hydroxyl groups is 1. The highest BCUT2D eigenvalue weighted by Crippen LogP contribution is 2.28. The number of hydrogen-bond acceptors (Lipinski definition) is 3. The highest BCUT2D eigenvalue weighted by atomic mass is 79.9. The molecule has 0 bridgehead atoms. The molecule has 1 aliphatic rings. The minimum atomic E-state index is -3.56. The van der Waals surface area contributed by atoms with Crippen LogP contribution < -0.4 is 4.72 Å². The Morgan fingerprint density at radius 1 is 1.35 bits per heavy atom. The molecule has 1 aromatic rings. The molecule has 0 heterocycles. The fourth-order valence-corrected chi connectivity index (χ4v) is 5.00. The van der Waals surface area contributed by atoms with Crippen LogP contribution in [0.4, 0.5) is 0 Å². The number of benzene rings is 1. The predicted octanol–water partition coefficient (Wildman–Crippen LogP) is 2.80. The fraction of sp³-hybridized carbons (Fsp3) is 0.571. The van der Waals surface area contributed by atoms with Crippen LogP contribution in [0.2, 0.25) is 0 Å². The largest absolute Gasteiger partial charge is 0.392 e. The van der Waals surface area contributed by atoms with Crippen molar-refractivity contribution in [3.05, 3.63) is 28.2 Å². The first-order valence-electron chi connectivity index (χ1n) is 6.85. The number of halogens is 1. The second-order valence-electron chi connectivity index (χ2n) is 5.41. The Balaban J connectivity index is 2.25. The molecule has 6 heteroatoms. The van der Waals surface area contributed by atoms with Gasteiger partial charge in [-0.3, -0.25) is 0 Å². The van der Waals surface area contributed by atoms with Gasteiger partial charge in [0.2, 0.25) is 10.0 Å². The summed E-state index contributed by atoms with van der Waals surface area (Å²) in [6.45, 7) is 1.92. The number of aliphatic hydroxyl groups excluding tert-OH is 1. The molecule has 0 spiro atoms. The number of rotatable bonds is 4. The summed E-state index contributed by atoms with van der Waals surface area (Å²) in [7, 11) is -3.56. The van der Waals surface area contributed by atoms with Crippen LogP contribution in [-0.4, -0.2) is 19.6 Å². The Kier molecular flexibility index (Phi) is 5.23. The third-order valence-electron chi connectivity index (χ3n) is 3.89. The lowest BCUT2D eigenvalue weighted by molar-refractivity contribution is 0.281. The van der Waals surface area contributed by atoms with Crippen molar-refractivity contribution in [2.45, 2.75) is 50.2 Å². The van der Waals surface area contributed by atoms with E-state index >= 15 is 0 Å². The normalized spacial score (nSPS) is 23.8. The first-order chi connectivity index (χ1) is 9.44. The zero-order valence-electron chi connectivity index (χ0n) is 11.5. The van der Waals surface area contributed by atoms with E-state index in [9.17, 15) is 8.42 Å². The van der Waals surface area contributed by atoms with Gasteiger partial charge in [-0.25, -0.2) is 13.1 Å². The van der Waals surface area contributed by atoms with Gasteiger partial charge in [0.1, 0.15) is 0 Å². The summed E-state index contributed by atoms with van der Waals surface area (Å²) in [6, 6.07) is 4.87. The molecule has 112 valence electrons. The first kappa shape index (κ1) is 15.9. The van der Waals surface area contributed by atoms with E-state index in [0.29, 0.717) is 16.0 Å². The molecule has 0 radical (unpaired) electrons. The van der Waals surface area contributed by atoms with Crippen LogP contribution in [0.1, 0.15) is 38.2 Å². The number of hydrogen-bond donors (Lipinski definition) is 2. The SMILES string of the molecule is CC1CCCCC1NS(=O)(=O)c1cc(CO)ccc1Br. The molecule has 1 fully saturated rings. The Morgan fingerprint density at radius 2 is 2.05 bits per heavy atom. The second-order valence-corrected chi connectivity index (χ2v) is 7.95. The lowest BCUT2D eigenvalue weighted by atomic mass is 9.87. The maximum atomic E-state index is 12.5. The summed E-state index contributed by atoms with van der Waals surface area (Å²) >= 11 is 3.27. The van der Waals surface area contributed by atoms with Gasteiger partial charge in [-0.05, 0) is 52.4 Å². The minimum absolute atomic E-state index is 0.00145. The third kappa shape index (κ3) is 3.61. The molecular formula is C14H20BrNO3S. The molecule has 0 aliphatic heterocycles. The maximum Gasteiger partial charge on any atom is 0.241 e. The van der Waals surface area contributed by atoms with Gasteiger partial charge in [-0.15, -0.1) is 0 Å². The molecule has 2 rings (SSSR count). The van der Waals surface area contributed by atoms with Gasteiger partial charge < -0.3 is 5.11 Å². The highest BCUT2D eigenvalue weighted by Gasteiger charge is 2.27. The zero-order valence-corrected chi connectivity index (χ0v) is 13.9. The van der Waals surface area contributed by atoms with Crippen LogP contribution in [0.25, 0.3) is 0 Å². The average molecular weight is 362 g/mol. The molecule has 1 aromatic carbocycles. The lowest BCUT2D eigenvalue weighted by Gasteiger charge is -2.29. The van der Waals surface area contributed by atoms with Crippen LogP contribution in [0, 0.1) is 5.92 Å². The van der Waals surface area contributed by atoms with Crippen molar-refractivity contribution in [3.63, 3.8) is 0 Å². The van der Waals surface area contributed by atoms with Crippen molar-refractivity contribution in [2.24, 2.45) is 5.92 Å². The van der Waals surface area contributed by atoms with Crippen molar-refractivity contribution >= 4 is 26.0 Å². The molecule has 0 amide bonds. The van der Waals surface area contributed by atoms with Gasteiger partial charge in [-0.1, -0.05) is 25.8 Å². The van der Waals surface area contributed by atoms with E-state index in [0.717, 1.165) is 19.3 Å². The Morgan fingerprint density at radius 3 is 2.70 bits per heavy atom. The van der Waals surface area contributed by atoms with Crippen molar-refractivity contribution < 1.29 is 13.5 Å². The van der Waals surface area contributed by atoms with Crippen molar-refractivity contribution in [1.29, 1.82) is 0 Å². The zero-order chi connectivity index (χ0) is 14.8. The monoisotopic (exact) mass is 361 g/mol. The van der Waals surface area contributed by atoms with E-state index in [1.807, 2.05) is 0 Å². The number of nitrogens with one attached hydrogen (secondary N) is 1. The van der Waals surface area contributed by atoms with Crippen LogP contribution in [0.3, 0.4) is 0 Å². The van der Waals surface area contributed by atoms with Crippen LogP contribution in [0.5, 0.6) is 0 Å². The summed E-state index contributed by atoms with van der Waals surface area (Å²) in [5.74, 6) is 0.360. The summed E-state index contributed by atoms with van der Waals surface area (Å²) < 4.78 is 28.4. The van der Waals surface area contributed by atoms with Gasteiger partial charge >= 0.3 is 0 Å². The van der Waals surface area contributed by atoms with Gasteiger partial charge in [-0.2, -0.15) is 0 Å². The molecule has 2 unspecified atom stereocenters. The standard InChI is InChI=1S/C14H20BrNO3S/c1-10-4-2-3-5-13(10)16-20(18,19)14-8-11(9-17)6-7-12(14)15/h6-8,10,13,16-17H,2-5,9H2,1H3. The summed E-state index contributed by atoms with van der Waals surface area (Å²) in [5.41, 5.74) is 0.588. The van der Waals surface area contributed by atoms with Gasteiger partial charge in [0.05, 0.1) is 11.5 Å². The highest BCUT2D eigenvalue weighted by molar-refractivity contribution is 9.10. The van der Waals surface area contributed by atoms with E-state index in [2.05, 4.69) is 27.6 Å². The third-order valence-corrected chi connectivity index (χ3v) is 6.37. The Labute approximate surface area is 128 Å². The average Bonchev–Trinajstić information content (AvgIpc) is 2.41. The maximum absolute atomic E-state index is 12.5. The van der Waals surface area contributed by atoms with E-state index in [1.54, 1.807) is 12.1 Å². The summed E-state index contributed by atoms with van der Waals surface area (Å²) in [6.07, 6.45) is 4.18. The van der Waals surface area contributed by atoms with Crippen molar-refractivity contribution in [1.82, 2.24) is 4.72 Å². The molecule has 2 atom stereocenters. The van der Waals surface area contributed by atoms with E-state index in [1.165, 1.54) is 12.5 Å². The Hall–Kier alpha value is -0.430. The van der Waals surface area contributed by atoms with Crippen LogP contribution in [0.15, 0.2) is 27.6 Å². The summed E-state index contributed by atoms with van der Waals surface area (Å²) in [5, 5.41) is 9.15. The van der Waals surface area contributed by atoms with Crippen molar-refractivity contribution in [3.8, 4) is 0 Å². The van der Waals surface area contributed by atoms with Gasteiger partial charge in [0.15, 0.2) is 0 Å². The molecule has 0 aromatic heterocycles. The lowest BCUT2D eigenvalue weighted by Crippen LogP contribution is -2.41.